The number of carbonyl (C=O) groups is 1. The number of rotatable bonds is 4. The largest absolute Gasteiger partial charge is 0.332 e. The molecule has 0 heterocycles. The fourth-order valence-electron chi connectivity index (χ4n) is 4.08. The minimum absolute atomic E-state index is 0.216. The van der Waals surface area contributed by atoms with Crippen molar-refractivity contribution in [1.29, 1.82) is 0 Å². The third-order valence-electron chi connectivity index (χ3n) is 5.16. The van der Waals surface area contributed by atoms with Gasteiger partial charge in [-0.15, -0.1) is 0 Å². The van der Waals surface area contributed by atoms with Crippen LogP contribution in [0.3, 0.4) is 0 Å². The van der Waals surface area contributed by atoms with Gasteiger partial charge in [-0.05, 0) is 66.3 Å². The first kappa shape index (κ1) is 17.1. The van der Waals surface area contributed by atoms with Crippen LogP contribution in [0.2, 0.25) is 0 Å². The quantitative estimate of drug-likeness (QED) is 0.867. The lowest BCUT2D eigenvalue weighted by Gasteiger charge is -2.16. The molecule has 0 aliphatic heterocycles. The number of carbonyl (C=O) groups excluding carboxylic acids is 1. The summed E-state index contributed by atoms with van der Waals surface area (Å²) in [5.74, 6) is -0.216. The first-order valence-electron chi connectivity index (χ1n) is 9.04. The fraction of sp³-hybridized carbons (Fsp3) is 0.350. The van der Waals surface area contributed by atoms with E-state index in [1.54, 1.807) is 24.3 Å². The molecule has 2 aliphatic carbocycles. The molecule has 0 saturated heterocycles. The van der Waals surface area contributed by atoms with Gasteiger partial charge in [0, 0.05) is 5.69 Å². The summed E-state index contributed by atoms with van der Waals surface area (Å²) in [4.78, 5) is 12.4. The lowest BCUT2D eigenvalue weighted by molar-refractivity contribution is 0.256. The van der Waals surface area contributed by atoms with Crippen molar-refractivity contribution in [3.05, 3.63) is 64.2 Å². The third-order valence-corrected chi connectivity index (χ3v) is 6.37. The second-order valence-corrected chi connectivity index (χ2v) is 8.76. The second kappa shape index (κ2) is 6.76. The van der Waals surface area contributed by atoms with Gasteiger partial charge in [0.05, 0.1) is 5.75 Å². The van der Waals surface area contributed by atoms with Crippen LogP contribution in [0.5, 0.6) is 0 Å². The molecular weight excluding hydrogens is 348 g/mol. The summed E-state index contributed by atoms with van der Waals surface area (Å²) in [6.45, 7) is 0. The van der Waals surface area contributed by atoms with Crippen LogP contribution in [0.15, 0.2) is 36.4 Å². The minimum atomic E-state index is -3.74. The summed E-state index contributed by atoms with van der Waals surface area (Å²) in [5.41, 5.74) is 6.46. The summed E-state index contributed by atoms with van der Waals surface area (Å²) in [7, 11) is -3.74. The van der Waals surface area contributed by atoms with E-state index in [0.29, 0.717) is 5.56 Å². The average molecular weight is 370 g/mol. The predicted molar refractivity (Wildman–Crippen MR) is 102 cm³/mol. The van der Waals surface area contributed by atoms with Gasteiger partial charge < -0.3 is 5.32 Å². The Labute approximate surface area is 153 Å². The van der Waals surface area contributed by atoms with Crippen molar-refractivity contribution in [2.24, 2.45) is 0 Å². The van der Waals surface area contributed by atoms with Gasteiger partial charge >= 0.3 is 6.03 Å². The molecule has 0 bridgehead atoms. The maximum absolute atomic E-state index is 12.4. The van der Waals surface area contributed by atoms with Crippen molar-refractivity contribution in [2.75, 3.05) is 5.32 Å². The lowest BCUT2D eigenvalue weighted by atomic mass is 9.99. The number of hydrogen-bond donors (Lipinski definition) is 2. The van der Waals surface area contributed by atoms with Crippen LogP contribution in [-0.4, -0.2) is 14.4 Å². The van der Waals surface area contributed by atoms with E-state index in [2.05, 4.69) is 16.1 Å². The summed E-state index contributed by atoms with van der Waals surface area (Å²) >= 11 is 0. The van der Waals surface area contributed by atoms with Crippen LogP contribution in [-0.2, 0) is 41.5 Å². The smallest absolute Gasteiger partial charge is 0.307 e. The molecule has 2 aromatic carbocycles. The van der Waals surface area contributed by atoms with Crippen molar-refractivity contribution in [3.63, 3.8) is 0 Å². The molecule has 2 amide bonds. The maximum Gasteiger partial charge on any atom is 0.332 e. The maximum atomic E-state index is 12.4. The van der Waals surface area contributed by atoms with Gasteiger partial charge in [-0.25, -0.2) is 17.9 Å². The normalized spacial score (nSPS) is 15.4. The number of amides is 2. The monoisotopic (exact) mass is 370 g/mol. The highest BCUT2D eigenvalue weighted by molar-refractivity contribution is 7.89. The van der Waals surface area contributed by atoms with Crippen molar-refractivity contribution >= 4 is 21.7 Å². The Morgan fingerprint density at radius 1 is 0.923 bits per heavy atom. The summed E-state index contributed by atoms with van der Waals surface area (Å²) in [6.07, 6.45) is 6.11. The number of sulfonamides is 1. The number of anilines is 1. The molecule has 136 valence electrons. The number of benzene rings is 2. The Kier molecular flexibility index (Phi) is 4.44. The third kappa shape index (κ3) is 3.46. The van der Waals surface area contributed by atoms with E-state index in [0.717, 1.165) is 44.2 Å². The molecule has 0 aromatic heterocycles. The summed E-state index contributed by atoms with van der Waals surface area (Å²) < 4.78 is 26.8. The molecule has 0 saturated carbocycles. The first-order chi connectivity index (χ1) is 12.5. The van der Waals surface area contributed by atoms with Gasteiger partial charge in [-0.2, -0.15) is 0 Å². The molecule has 6 heteroatoms. The molecule has 0 spiro atoms. The number of fused-ring (bicyclic) bond motifs is 2. The Morgan fingerprint density at radius 2 is 1.54 bits per heavy atom. The van der Waals surface area contributed by atoms with Crippen LogP contribution in [0.4, 0.5) is 10.5 Å². The highest BCUT2D eigenvalue weighted by atomic mass is 32.2. The molecule has 5 nitrogen and oxygen atoms in total. The molecule has 26 heavy (non-hydrogen) atoms. The van der Waals surface area contributed by atoms with E-state index in [4.69, 9.17) is 0 Å². The van der Waals surface area contributed by atoms with Gasteiger partial charge in [-0.3, -0.25) is 0 Å². The molecule has 4 rings (SSSR count). The Morgan fingerprint density at radius 3 is 2.15 bits per heavy atom. The Balaban J connectivity index is 1.52. The van der Waals surface area contributed by atoms with Crippen LogP contribution < -0.4 is 10.0 Å². The number of nitrogens with one attached hydrogen (secondary N) is 2. The molecule has 0 unspecified atom stereocenters. The molecule has 0 radical (unpaired) electrons. The van der Waals surface area contributed by atoms with Gasteiger partial charge in [0.1, 0.15) is 0 Å². The van der Waals surface area contributed by atoms with Gasteiger partial charge in [-0.1, -0.05) is 36.4 Å². The lowest BCUT2D eigenvalue weighted by Crippen LogP contribution is -2.35. The van der Waals surface area contributed by atoms with E-state index in [1.807, 2.05) is 6.07 Å². The predicted octanol–water partition coefficient (Wildman–Crippen LogP) is 3.32. The summed E-state index contributed by atoms with van der Waals surface area (Å²) in [5, 5.41) is 2.86. The van der Waals surface area contributed by atoms with Crippen molar-refractivity contribution < 1.29 is 13.2 Å². The fourth-order valence-corrected chi connectivity index (χ4v) is 5.11. The van der Waals surface area contributed by atoms with Crippen LogP contribution in [0.1, 0.15) is 40.7 Å². The van der Waals surface area contributed by atoms with Crippen molar-refractivity contribution in [2.45, 2.75) is 44.3 Å². The van der Waals surface area contributed by atoms with E-state index < -0.39 is 16.1 Å². The van der Waals surface area contributed by atoms with Crippen LogP contribution in [0.25, 0.3) is 0 Å². The van der Waals surface area contributed by atoms with E-state index in [9.17, 15) is 13.2 Å². The van der Waals surface area contributed by atoms with Gasteiger partial charge in [0.2, 0.25) is 10.0 Å². The molecule has 0 fully saturated rings. The topological polar surface area (TPSA) is 75.3 Å². The van der Waals surface area contributed by atoms with E-state index in [-0.39, 0.29) is 5.75 Å². The van der Waals surface area contributed by atoms with Gasteiger partial charge in [0.25, 0.3) is 0 Å². The standard InChI is InChI=1S/C20H22N2O3S/c23-20(22-26(24,25)13-14-6-2-1-3-7-14)21-19-17-10-4-8-15(17)12-16-9-5-11-18(16)19/h1-3,6-7,12H,4-5,8-11,13H2,(H2,21,22,23). The van der Waals surface area contributed by atoms with Gasteiger partial charge in [0.15, 0.2) is 0 Å². The van der Waals surface area contributed by atoms with Crippen molar-refractivity contribution in [3.8, 4) is 0 Å². The summed E-state index contributed by atoms with van der Waals surface area (Å²) in [6, 6.07) is 10.5. The van der Waals surface area contributed by atoms with E-state index >= 15 is 0 Å². The molecule has 2 aromatic rings. The number of hydrogen-bond acceptors (Lipinski definition) is 3. The number of aryl methyl sites for hydroxylation is 2. The van der Waals surface area contributed by atoms with Crippen molar-refractivity contribution in [1.82, 2.24) is 4.72 Å². The van der Waals surface area contributed by atoms with Crippen LogP contribution in [0, 0.1) is 0 Å². The molecule has 0 atom stereocenters. The zero-order valence-electron chi connectivity index (χ0n) is 14.5. The highest BCUT2D eigenvalue weighted by Gasteiger charge is 2.26. The van der Waals surface area contributed by atoms with Crippen LogP contribution >= 0.6 is 0 Å². The SMILES string of the molecule is O=C(Nc1c2c(cc3c1CCC3)CCC2)NS(=O)(=O)Cc1ccccc1. The zero-order valence-corrected chi connectivity index (χ0v) is 15.4. The Bertz CT molecular complexity index is 921. The molecule has 2 aliphatic rings. The highest BCUT2D eigenvalue weighted by Crippen LogP contribution is 2.38. The Hall–Kier alpha value is -2.34. The average Bonchev–Trinajstić information content (AvgIpc) is 3.23. The molecule has 2 N–H and O–H groups in total. The second-order valence-electron chi connectivity index (χ2n) is 7.03. The number of urea groups is 1. The minimum Gasteiger partial charge on any atom is -0.307 e. The van der Waals surface area contributed by atoms with E-state index in [1.165, 1.54) is 22.3 Å². The zero-order chi connectivity index (χ0) is 18.1. The first-order valence-corrected chi connectivity index (χ1v) is 10.7. The molecular formula is C20H22N2O3S.